The molecule has 1 aromatic rings. The molecule has 2 aliphatic rings. The molecule has 2 aliphatic carbocycles. The lowest BCUT2D eigenvalue weighted by molar-refractivity contribution is -0.158. The van der Waals surface area contributed by atoms with E-state index in [0.29, 0.717) is 23.0 Å². The van der Waals surface area contributed by atoms with Crippen molar-refractivity contribution in [3.8, 4) is 5.75 Å². The molecule has 0 fully saturated rings. The molecule has 136 valence electrons. The van der Waals surface area contributed by atoms with Crippen molar-refractivity contribution in [3.63, 3.8) is 0 Å². The quantitative estimate of drug-likeness (QED) is 0.708. The Balaban J connectivity index is 0.000000223. The molecule has 26 heavy (non-hydrogen) atoms. The SMILES string of the molecule is C=Cc1ccc(OC(C)(C)C(=O)OCC)cc1.O=C1C2=CC(Cl)=C1C=C2. The van der Waals surface area contributed by atoms with E-state index in [2.05, 4.69) is 6.58 Å². The summed E-state index contributed by atoms with van der Waals surface area (Å²) in [5.74, 6) is 0.335. The fourth-order valence-electron chi connectivity index (χ4n) is 2.31. The molecule has 0 unspecified atom stereocenters. The molecule has 0 radical (unpaired) electrons. The van der Waals surface area contributed by atoms with Crippen molar-refractivity contribution in [2.24, 2.45) is 0 Å². The van der Waals surface area contributed by atoms with Crippen molar-refractivity contribution in [1.82, 2.24) is 0 Å². The van der Waals surface area contributed by atoms with Crippen LogP contribution in [0.25, 0.3) is 6.08 Å². The molecule has 0 saturated carbocycles. The lowest BCUT2D eigenvalue weighted by Crippen LogP contribution is -2.39. The summed E-state index contributed by atoms with van der Waals surface area (Å²) in [6.07, 6.45) is 6.98. The minimum absolute atomic E-state index is 0.0694. The molecule has 0 heterocycles. The van der Waals surface area contributed by atoms with E-state index < -0.39 is 5.60 Å². The van der Waals surface area contributed by atoms with Gasteiger partial charge in [0.25, 0.3) is 0 Å². The molecule has 0 aliphatic heterocycles. The van der Waals surface area contributed by atoms with E-state index in [0.717, 1.165) is 11.1 Å². The lowest BCUT2D eigenvalue weighted by Gasteiger charge is -2.24. The third kappa shape index (κ3) is 4.52. The number of esters is 1. The lowest BCUT2D eigenvalue weighted by atomic mass is 10.1. The number of allylic oxidation sites excluding steroid dienone is 6. The average molecular weight is 373 g/mol. The number of carbonyl (C=O) groups excluding carboxylic acids is 2. The third-order valence-corrected chi connectivity index (χ3v) is 4.04. The molecule has 5 heteroatoms. The van der Waals surface area contributed by atoms with Gasteiger partial charge in [0.15, 0.2) is 11.4 Å². The van der Waals surface area contributed by atoms with Crippen LogP contribution < -0.4 is 4.74 Å². The van der Waals surface area contributed by atoms with Gasteiger partial charge in [0.2, 0.25) is 0 Å². The molecular formula is C21H21ClO4. The van der Waals surface area contributed by atoms with E-state index in [-0.39, 0.29) is 11.8 Å². The van der Waals surface area contributed by atoms with Gasteiger partial charge in [-0.3, -0.25) is 4.79 Å². The van der Waals surface area contributed by atoms with Crippen LogP contribution in [0.1, 0.15) is 26.3 Å². The standard InChI is InChI=1S/C14H18O3.C7H3ClO/c1-5-11-7-9-12(10-8-11)17-14(3,4)13(15)16-6-2;8-6-3-4-1-2-5(6)7(4)9/h5,7-10H,1,6H2,2-4H3;1-3H. The zero-order valence-corrected chi connectivity index (χ0v) is 15.8. The van der Waals surface area contributed by atoms with Crippen LogP contribution in [0.3, 0.4) is 0 Å². The largest absolute Gasteiger partial charge is 0.476 e. The highest BCUT2D eigenvalue weighted by molar-refractivity contribution is 6.38. The normalized spacial score (nSPS) is 14.6. The van der Waals surface area contributed by atoms with Crippen LogP contribution in [-0.2, 0) is 14.3 Å². The Kier molecular flexibility index (Phi) is 6.22. The van der Waals surface area contributed by atoms with E-state index in [1.807, 2.05) is 12.1 Å². The number of fused-ring (bicyclic) bond motifs is 2. The minimum Gasteiger partial charge on any atom is -0.476 e. The molecular weight excluding hydrogens is 352 g/mol. The van der Waals surface area contributed by atoms with E-state index in [1.54, 1.807) is 57.2 Å². The maximum Gasteiger partial charge on any atom is 0.349 e. The van der Waals surface area contributed by atoms with Crippen LogP contribution in [0.2, 0.25) is 0 Å². The summed E-state index contributed by atoms with van der Waals surface area (Å²) >= 11 is 5.63. The van der Waals surface area contributed by atoms with Crippen LogP contribution in [-0.4, -0.2) is 24.0 Å². The van der Waals surface area contributed by atoms with Crippen molar-refractivity contribution in [1.29, 1.82) is 0 Å². The number of hydrogen-bond acceptors (Lipinski definition) is 4. The Labute approximate surface area is 158 Å². The molecule has 4 nitrogen and oxygen atoms in total. The Morgan fingerprint density at radius 1 is 1.23 bits per heavy atom. The van der Waals surface area contributed by atoms with Crippen molar-refractivity contribution in [2.75, 3.05) is 6.61 Å². The van der Waals surface area contributed by atoms with Crippen LogP contribution in [0.15, 0.2) is 65.3 Å². The van der Waals surface area contributed by atoms with E-state index in [9.17, 15) is 9.59 Å². The zero-order chi connectivity index (χ0) is 19.3. The van der Waals surface area contributed by atoms with Crippen LogP contribution >= 0.6 is 11.6 Å². The second-order valence-electron chi connectivity index (χ2n) is 6.13. The van der Waals surface area contributed by atoms with Gasteiger partial charge in [0.1, 0.15) is 5.75 Å². The first-order valence-corrected chi connectivity index (χ1v) is 8.59. The minimum atomic E-state index is -0.980. The number of benzene rings is 1. The summed E-state index contributed by atoms with van der Waals surface area (Å²) < 4.78 is 10.6. The number of halogens is 1. The molecule has 0 atom stereocenters. The van der Waals surface area contributed by atoms with Crippen molar-refractivity contribution >= 4 is 29.4 Å². The first-order valence-electron chi connectivity index (χ1n) is 8.21. The number of Topliss-reactive ketones (excluding diaryl/α,β-unsaturated/α-hetero) is 1. The second kappa shape index (κ2) is 8.19. The molecule has 0 spiro atoms. The number of rotatable bonds is 5. The van der Waals surface area contributed by atoms with Crippen LogP contribution in [0.4, 0.5) is 0 Å². The van der Waals surface area contributed by atoms with E-state index in [1.165, 1.54) is 0 Å². The summed E-state index contributed by atoms with van der Waals surface area (Å²) in [6.45, 7) is 9.17. The number of hydrogen-bond donors (Lipinski definition) is 0. The topological polar surface area (TPSA) is 52.6 Å². The zero-order valence-electron chi connectivity index (χ0n) is 15.0. The van der Waals surface area contributed by atoms with Gasteiger partial charge < -0.3 is 9.47 Å². The molecule has 2 bridgehead atoms. The van der Waals surface area contributed by atoms with Gasteiger partial charge in [0.05, 0.1) is 11.6 Å². The first-order chi connectivity index (χ1) is 12.3. The summed E-state index contributed by atoms with van der Waals surface area (Å²) in [4.78, 5) is 22.5. The van der Waals surface area contributed by atoms with Crippen molar-refractivity contribution in [2.45, 2.75) is 26.4 Å². The van der Waals surface area contributed by atoms with Crippen molar-refractivity contribution < 1.29 is 19.1 Å². The predicted molar refractivity (Wildman–Crippen MR) is 103 cm³/mol. The van der Waals surface area contributed by atoms with Gasteiger partial charge in [-0.25, -0.2) is 4.79 Å². The number of ether oxygens (including phenoxy) is 2. The van der Waals surface area contributed by atoms with Gasteiger partial charge in [-0.2, -0.15) is 0 Å². The van der Waals surface area contributed by atoms with Gasteiger partial charge in [-0.15, -0.1) is 0 Å². The highest BCUT2D eigenvalue weighted by atomic mass is 35.5. The summed E-state index contributed by atoms with van der Waals surface area (Å²) in [5.41, 5.74) is 1.39. The van der Waals surface area contributed by atoms with E-state index >= 15 is 0 Å². The molecule has 0 saturated heterocycles. The fourth-order valence-corrected chi connectivity index (χ4v) is 2.58. The van der Waals surface area contributed by atoms with Gasteiger partial charge in [-0.1, -0.05) is 42.5 Å². The average Bonchev–Trinajstić information content (AvgIpc) is 3.09. The van der Waals surface area contributed by atoms with Gasteiger partial charge >= 0.3 is 5.97 Å². The smallest absolute Gasteiger partial charge is 0.349 e. The van der Waals surface area contributed by atoms with Crippen LogP contribution in [0, 0.1) is 0 Å². The highest BCUT2D eigenvalue weighted by Crippen LogP contribution is 2.31. The summed E-state index contributed by atoms with van der Waals surface area (Å²) in [6, 6.07) is 7.36. The summed E-state index contributed by atoms with van der Waals surface area (Å²) in [5, 5.41) is 0.581. The number of carbonyl (C=O) groups is 2. The van der Waals surface area contributed by atoms with Gasteiger partial charge in [-0.05, 0) is 50.6 Å². The Bertz CT molecular complexity index is 811. The maximum absolute atomic E-state index is 11.6. The highest BCUT2D eigenvalue weighted by Gasteiger charge is 2.31. The second-order valence-corrected chi connectivity index (χ2v) is 6.54. The Hall–Kier alpha value is -2.59. The first kappa shape index (κ1) is 19.7. The molecule has 1 aromatic carbocycles. The molecule has 3 rings (SSSR count). The Morgan fingerprint density at radius 3 is 2.27 bits per heavy atom. The monoisotopic (exact) mass is 372 g/mol. The van der Waals surface area contributed by atoms with Crippen LogP contribution in [0.5, 0.6) is 5.75 Å². The summed E-state index contributed by atoms with van der Waals surface area (Å²) in [7, 11) is 0. The molecule has 0 amide bonds. The molecule has 0 aromatic heterocycles. The Morgan fingerprint density at radius 2 is 1.88 bits per heavy atom. The predicted octanol–water partition coefficient (Wildman–Crippen LogP) is 4.61. The van der Waals surface area contributed by atoms with Crippen molar-refractivity contribution in [3.05, 3.63) is 70.8 Å². The van der Waals surface area contributed by atoms with E-state index in [4.69, 9.17) is 21.1 Å². The van der Waals surface area contributed by atoms with Gasteiger partial charge in [0, 0.05) is 11.1 Å². The fraction of sp³-hybridized carbons (Fsp3) is 0.238. The maximum atomic E-state index is 11.6. The molecule has 0 N–H and O–H groups in total. The number of ketones is 1. The third-order valence-electron chi connectivity index (χ3n) is 3.73.